The number of hydrogen-bond acceptors (Lipinski definition) is 7. The number of nitrogens with two attached hydrogens (primary N) is 1. The van der Waals surface area contributed by atoms with Crippen molar-refractivity contribution in [2.24, 2.45) is 5.73 Å². The number of halogens is 4. The molecule has 0 aromatic heterocycles. The summed E-state index contributed by atoms with van der Waals surface area (Å²) in [6.45, 7) is 1.76. The van der Waals surface area contributed by atoms with Gasteiger partial charge in [0.2, 0.25) is 11.8 Å². The van der Waals surface area contributed by atoms with E-state index in [-0.39, 0.29) is 42.7 Å². The summed E-state index contributed by atoms with van der Waals surface area (Å²) in [7, 11) is 7.59. The van der Waals surface area contributed by atoms with Crippen LogP contribution in [0.3, 0.4) is 0 Å². The molecule has 13 heteroatoms. The third-order valence-corrected chi connectivity index (χ3v) is 11.4. The Morgan fingerprint density at radius 2 is 0.966 bits per heavy atom. The first-order valence-corrected chi connectivity index (χ1v) is 19.8. The maximum Gasteiger partial charge on any atom is 0.335 e. The molecule has 0 unspecified atom stereocenters. The van der Waals surface area contributed by atoms with E-state index in [1.54, 1.807) is 36.4 Å². The van der Waals surface area contributed by atoms with Gasteiger partial charge in [-0.3, -0.25) is 4.79 Å². The van der Waals surface area contributed by atoms with Crippen molar-refractivity contribution in [2.45, 2.75) is 87.5 Å². The average molecular weight is 823 g/mol. The van der Waals surface area contributed by atoms with Crippen molar-refractivity contribution in [2.75, 3.05) is 41.3 Å². The van der Waals surface area contributed by atoms with Gasteiger partial charge in [-0.15, -0.1) is 0 Å². The predicted octanol–water partition coefficient (Wildman–Crippen LogP) is 8.92. The average Bonchev–Trinajstić information content (AvgIpc) is 3.23. The van der Waals surface area contributed by atoms with Crippen LogP contribution in [-0.4, -0.2) is 91.0 Å². The highest BCUT2D eigenvalue weighted by molar-refractivity contribution is 5.94. The van der Waals surface area contributed by atoms with E-state index in [1.165, 1.54) is 12.1 Å². The second-order valence-electron chi connectivity index (χ2n) is 15.7. The number of benzene rings is 4. The third-order valence-electron chi connectivity index (χ3n) is 11.4. The van der Waals surface area contributed by atoms with Crippen molar-refractivity contribution in [3.63, 3.8) is 0 Å². The molecule has 320 valence electrons. The van der Waals surface area contributed by atoms with E-state index in [0.29, 0.717) is 69.0 Å². The van der Waals surface area contributed by atoms with E-state index in [9.17, 15) is 27.2 Å². The number of carboxylic acid groups (broad SMARTS) is 1. The molecule has 2 aliphatic carbocycles. The summed E-state index contributed by atoms with van der Waals surface area (Å²) < 4.78 is 64.2. The number of carbonyl (C=O) groups is 2. The van der Waals surface area contributed by atoms with Crippen molar-refractivity contribution in [3.05, 3.63) is 131 Å². The molecular formula is C46H58F4N4O5. The number of nitrogens with one attached hydrogen (secondary N) is 1. The van der Waals surface area contributed by atoms with E-state index in [4.69, 9.17) is 20.3 Å². The second-order valence-corrected chi connectivity index (χ2v) is 15.7. The van der Waals surface area contributed by atoms with Gasteiger partial charge in [-0.1, -0.05) is 60.7 Å². The van der Waals surface area contributed by atoms with Gasteiger partial charge in [0.25, 0.3) is 5.91 Å². The SMILES string of the molecule is CN(C)C1(CN)CCC(F)(F)CC1.CN(C)C1(CNC(=O)c2ccc(OCc3ccccc3)cc2)CCC(F)(F)CC1.O=C(O)c1ccc(OCc2ccccc2)cc1. The molecule has 2 aliphatic rings. The number of amides is 1. The molecule has 2 fully saturated rings. The molecule has 4 aromatic rings. The van der Waals surface area contributed by atoms with Crippen molar-refractivity contribution in [1.82, 2.24) is 15.1 Å². The lowest BCUT2D eigenvalue weighted by molar-refractivity contribution is -0.0728. The first kappa shape index (κ1) is 46.7. The number of alkyl halides is 4. The van der Waals surface area contributed by atoms with Gasteiger partial charge in [0.15, 0.2) is 0 Å². The zero-order valence-corrected chi connectivity index (χ0v) is 34.4. The molecule has 6 rings (SSSR count). The van der Waals surface area contributed by atoms with Crippen LogP contribution in [0, 0.1) is 0 Å². The summed E-state index contributed by atoms with van der Waals surface area (Å²) in [6, 6.07) is 33.0. The largest absolute Gasteiger partial charge is 0.489 e. The lowest BCUT2D eigenvalue weighted by atomic mass is 9.79. The Bertz CT molecular complexity index is 1860. The number of rotatable bonds is 13. The van der Waals surface area contributed by atoms with Crippen LogP contribution >= 0.6 is 0 Å². The molecule has 0 aliphatic heterocycles. The molecule has 1 amide bonds. The Morgan fingerprint density at radius 1 is 0.593 bits per heavy atom. The first-order chi connectivity index (χ1) is 28.0. The molecule has 0 bridgehead atoms. The van der Waals surface area contributed by atoms with Crippen molar-refractivity contribution in [3.8, 4) is 11.5 Å². The number of hydrogen-bond donors (Lipinski definition) is 3. The van der Waals surface area contributed by atoms with E-state index in [1.807, 2.05) is 98.7 Å². The predicted molar refractivity (Wildman–Crippen MR) is 222 cm³/mol. The fraction of sp³-hybridized carbons (Fsp3) is 0.435. The molecule has 9 nitrogen and oxygen atoms in total. The van der Waals surface area contributed by atoms with Crippen molar-refractivity contribution in [1.29, 1.82) is 0 Å². The van der Waals surface area contributed by atoms with Gasteiger partial charge in [0.1, 0.15) is 24.7 Å². The molecule has 0 radical (unpaired) electrons. The van der Waals surface area contributed by atoms with Crippen LogP contribution in [0.5, 0.6) is 11.5 Å². The standard InChI is InChI=1S/C23H28F2N2O2.C14H12O3.C9H18F2N2/c1-27(2)22(12-14-23(24,25)15-13-22)17-26-21(28)19-8-10-20(11-9-19)29-16-18-6-4-3-5-7-18;15-14(16)12-6-8-13(9-7-12)17-10-11-4-2-1-3-5-11;1-13(2)8(7-12)3-5-9(10,11)6-4-8/h3-11H,12-17H2,1-2H3,(H,26,28);1-9H,10H2,(H,15,16);3-7,12H2,1-2H3. The van der Waals surface area contributed by atoms with Crippen LogP contribution in [0.25, 0.3) is 0 Å². The quantitative estimate of drug-likeness (QED) is 0.115. The number of carbonyl (C=O) groups excluding carboxylic acids is 1. The summed E-state index contributed by atoms with van der Waals surface area (Å²) in [4.78, 5) is 27.2. The fourth-order valence-electron chi connectivity index (χ4n) is 7.00. The van der Waals surface area contributed by atoms with Crippen molar-refractivity contribution >= 4 is 11.9 Å². The van der Waals surface area contributed by atoms with Crippen LogP contribution in [-0.2, 0) is 13.2 Å². The fourth-order valence-corrected chi connectivity index (χ4v) is 7.00. The zero-order chi connectivity index (χ0) is 43.1. The third kappa shape index (κ3) is 14.4. The van der Waals surface area contributed by atoms with Crippen LogP contribution in [0.4, 0.5) is 17.6 Å². The topological polar surface area (TPSA) is 117 Å². The van der Waals surface area contributed by atoms with Crippen LogP contribution in [0.15, 0.2) is 109 Å². The molecule has 0 saturated heterocycles. The van der Waals surface area contributed by atoms with Gasteiger partial charge in [0.05, 0.1) is 5.56 Å². The van der Waals surface area contributed by atoms with Crippen LogP contribution < -0.4 is 20.5 Å². The van der Waals surface area contributed by atoms with Gasteiger partial charge in [-0.05, 0) is 114 Å². The summed E-state index contributed by atoms with van der Waals surface area (Å²) in [6.07, 6.45) is 1.39. The van der Waals surface area contributed by atoms with E-state index < -0.39 is 23.4 Å². The zero-order valence-electron chi connectivity index (χ0n) is 34.4. The van der Waals surface area contributed by atoms with Gasteiger partial charge < -0.3 is 35.4 Å². The lowest BCUT2D eigenvalue weighted by Crippen LogP contribution is -2.55. The van der Waals surface area contributed by atoms with E-state index >= 15 is 0 Å². The van der Waals surface area contributed by atoms with Gasteiger partial charge in [-0.2, -0.15) is 0 Å². The second kappa shape index (κ2) is 21.3. The van der Waals surface area contributed by atoms with E-state index in [0.717, 1.165) is 11.1 Å². The maximum atomic E-state index is 13.6. The minimum absolute atomic E-state index is 0.0254. The molecule has 0 heterocycles. The highest BCUT2D eigenvalue weighted by Gasteiger charge is 2.45. The molecule has 0 atom stereocenters. The molecule has 4 N–H and O–H groups in total. The molecular weight excluding hydrogens is 765 g/mol. The first-order valence-electron chi connectivity index (χ1n) is 19.8. The lowest BCUT2D eigenvalue weighted by Gasteiger charge is -2.45. The number of aromatic carboxylic acids is 1. The highest BCUT2D eigenvalue weighted by atomic mass is 19.3. The Hall–Kier alpha value is -4.98. The maximum absolute atomic E-state index is 13.6. The number of ether oxygens (including phenoxy) is 2. The Labute approximate surface area is 345 Å². The number of carboxylic acids is 1. The minimum atomic E-state index is -2.60. The molecule has 2 saturated carbocycles. The Morgan fingerprint density at radius 3 is 1.32 bits per heavy atom. The summed E-state index contributed by atoms with van der Waals surface area (Å²) in [5.41, 5.74) is 7.94. The summed E-state index contributed by atoms with van der Waals surface area (Å²) in [5, 5.41) is 11.7. The smallest absolute Gasteiger partial charge is 0.335 e. The minimum Gasteiger partial charge on any atom is -0.489 e. The van der Waals surface area contributed by atoms with Crippen LogP contribution in [0.2, 0.25) is 0 Å². The monoisotopic (exact) mass is 822 g/mol. The number of nitrogens with zero attached hydrogens (tertiary/aromatic N) is 2. The number of likely N-dealkylation sites (N-methyl/N-ethyl adjacent to an activating group) is 2. The Kier molecular flexibility index (Phi) is 16.9. The van der Waals surface area contributed by atoms with Gasteiger partial charge in [-0.25, -0.2) is 22.4 Å². The van der Waals surface area contributed by atoms with Gasteiger partial charge in [0, 0.05) is 55.4 Å². The molecule has 59 heavy (non-hydrogen) atoms. The summed E-state index contributed by atoms with van der Waals surface area (Å²) in [5.74, 6) is -4.85. The molecule has 4 aromatic carbocycles. The van der Waals surface area contributed by atoms with Crippen LogP contribution in [0.1, 0.15) is 83.2 Å². The van der Waals surface area contributed by atoms with Gasteiger partial charge >= 0.3 is 5.97 Å². The highest BCUT2D eigenvalue weighted by Crippen LogP contribution is 2.41. The Balaban J connectivity index is 0.000000216. The van der Waals surface area contributed by atoms with E-state index in [2.05, 4.69) is 5.32 Å². The molecule has 0 spiro atoms. The van der Waals surface area contributed by atoms with Crippen molar-refractivity contribution < 1.29 is 41.7 Å². The summed E-state index contributed by atoms with van der Waals surface area (Å²) >= 11 is 0. The normalized spacial score (nSPS) is 17.3.